The molecule has 0 fully saturated rings. The van der Waals surface area contributed by atoms with Crippen molar-refractivity contribution in [2.45, 2.75) is 27.2 Å². The van der Waals surface area contributed by atoms with Gasteiger partial charge in [-0.15, -0.1) is 0 Å². The maximum Gasteiger partial charge on any atom is 0.254 e. The molecule has 0 saturated heterocycles. The second-order valence-corrected chi connectivity index (χ2v) is 4.60. The van der Waals surface area contributed by atoms with Gasteiger partial charge in [-0.1, -0.05) is 6.07 Å². The fourth-order valence-electron chi connectivity index (χ4n) is 1.92. The summed E-state index contributed by atoms with van der Waals surface area (Å²) in [6, 6.07) is 5.35. The number of rotatable bonds is 3. The van der Waals surface area contributed by atoms with Crippen molar-refractivity contribution in [3.63, 3.8) is 0 Å². The van der Waals surface area contributed by atoms with Crippen LogP contribution in [0.4, 0.5) is 5.82 Å². The molecule has 0 atom stereocenters. The van der Waals surface area contributed by atoms with Gasteiger partial charge in [0.15, 0.2) is 0 Å². The Hall–Kier alpha value is -2.50. The zero-order valence-electron chi connectivity index (χ0n) is 11.7. The Morgan fingerprint density at radius 2 is 2.00 bits per heavy atom. The Morgan fingerprint density at radius 3 is 2.65 bits per heavy atom. The number of hydrogen-bond donors (Lipinski definition) is 2. The van der Waals surface area contributed by atoms with E-state index in [1.54, 1.807) is 19.9 Å². The topological polar surface area (TPSA) is 87.7 Å². The van der Waals surface area contributed by atoms with Crippen LogP contribution in [0.5, 0.6) is 0 Å². The standard InChI is InChI=1S/C14H16N4O2/c1-8-5-4-6-12(15-8)18-13(19)7-11-9(2)16-10(3)17-14(11)20/h4-6H,7H2,1-3H3,(H,15,18,19)(H,16,17,20). The first-order valence-electron chi connectivity index (χ1n) is 6.25. The molecular weight excluding hydrogens is 256 g/mol. The number of aromatic nitrogens is 3. The molecule has 0 aliphatic carbocycles. The summed E-state index contributed by atoms with van der Waals surface area (Å²) in [6.45, 7) is 5.26. The number of H-pyrrole nitrogens is 1. The highest BCUT2D eigenvalue weighted by Crippen LogP contribution is 2.06. The molecule has 6 heteroatoms. The predicted octanol–water partition coefficient (Wildman–Crippen LogP) is 1.27. The molecule has 0 spiro atoms. The molecule has 0 saturated carbocycles. The quantitative estimate of drug-likeness (QED) is 0.880. The van der Waals surface area contributed by atoms with Gasteiger partial charge in [0, 0.05) is 17.0 Å². The zero-order chi connectivity index (χ0) is 14.7. The summed E-state index contributed by atoms with van der Waals surface area (Å²) < 4.78 is 0. The molecule has 104 valence electrons. The monoisotopic (exact) mass is 272 g/mol. The number of pyridine rings is 1. The van der Waals surface area contributed by atoms with Gasteiger partial charge < -0.3 is 10.3 Å². The SMILES string of the molecule is Cc1cccc(NC(=O)Cc2c(C)nc(C)[nH]c2=O)n1. The maximum atomic E-state index is 12.0. The minimum Gasteiger partial charge on any atom is -0.311 e. The summed E-state index contributed by atoms with van der Waals surface area (Å²) in [5, 5.41) is 2.67. The van der Waals surface area contributed by atoms with E-state index in [1.807, 2.05) is 19.1 Å². The lowest BCUT2D eigenvalue weighted by atomic mass is 10.1. The zero-order valence-corrected chi connectivity index (χ0v) is 11.7. The first-order valence-corrected chi connectivity index (χ1v) is 6.25. The van der Waals surface area contributed by atoms with Gasteiger partial charge in [0.1, 0.15) is 11.6 Å². The van der Waals surface area contributed by atoms with Crippen LogP contribution in [0.15, 0.2) is 23.0 Å². The summed E-state index contributed by atoms with van der Waals surface area (Å²) in [7, 11) is 0. The van der Waals surface area contributed by atoms with Crippen molar-refractivity contribution in [1.29, 1.82) is 0 Å². The minimum absolute atomic E-state index is 0.0237. The number of hydrogen-bond acceptors (Lipinski definition) is 4. The number of carbonyl (C=O) groups is 1. The maximum absolute atomic E-state index is 12.0. The third-order valence-electron chi connectivity index (χ3n) is 2.83. The molecule has 2 aromatic heterocycles. The van der Waals surface area contributed by atoms with Crippen molar-refractivity contribution >= 4 is 11.7 Å². The Bertz CT molecular complexity index is 707. The van der Waals surface area contributed by atoms with E-state index in [0.29, 0.717) is 22.9 Å². The summed E-state index contributed by atoms with van der Waals surface area (Å²) in [4.78, 5) is 34.7. The van der Waals surface area contributed by atoms with Gasteiger partial charge in [-0.05, 0) is 32.9 Å². The van der Waals surface area contributed by atoms with Crippen molar-refractivity contribution in [1.82, 2.24) is 15.0 Å². The Labute approximate surface area is 116 Å². The molecular formula is C14H16N4O2. The van der Waals surface area contributed by atoms with Gasteiger partial charge in [-0.3, -0.25) is 9.59 Å². The Kier molecular flexibility index (Phi) is 3.93. The molecule has 2 heterocycles. The highest BCUT2D eigenvalue weighted by atomic mass is 16.2. The summed E-state index contributed by atoms with van der Waals surface area (Å²) in [6.07, 6.45) is -0.0237. The third-order valence-corrected chi connectivity index (χ3v) is 2.83. The largest absolute Gasteiger partial charge is 0.311 e. The number of amides is 1. The molecule has 0 aliphatic heterocycles. The molecule has 0 aliphatic rings. The number of anilines is 1. The molecule has 1 amide bonds. The van der Waals surface area contributed by atoms with Gasteiger partial charge in [0.05, 0.1) is 6.42 Å². The van der Waals surface area contributed by atoms with Crippen LogP contribution in [0.25, 0.3) is 0 Å². The van der Waals surface area contributed by atoms with E-state index < -0.39 is 0 Å². The van der Waals surface area contributed by atoms with Gasteiger partial charge in [0.25, 0.3) is 5.56 Å². The van der Waals surface area contributed by atoms with Crippen molar-refractivity contribution in [3.8, 4) is 0 Å². The van der Waals surface area contributed by atoms with E-state index in [4.69, 9.17) is 0 Å². The lowest BCUT2D eigenvalue weighted by molar-refractivity contribution is -0.115. The van der Waals surface area contributed by atoms with Gasteiger partial charge in [0.2, 0.25) is 5.91 Å². The lowest BCUT2D eigenvalue weighted by Crippen LogP contribution is -2.24. The van der Waals surface area contributed by atoms with E-state index in [-0.39, 0.29) is 17.9 Å². The molecule has 2 N–H and O–H groups in total. The fraction of sp³-hybridized carbons (Fsp3) is 0.286. The third kappa shape index (κ3) is 3.28. The van der Waals surface area contributed by atoms with Crippen LogP contribution in [-0.4, -0.2) is 20.9 Å². The van der Waals surface area contributed by atoms with Crippen LogP contribution in [0.1, 0.15) is 22.8 Å². The number of aryl methyl sites for hydroxylation is 3. The molecule has 20 heavy (non-hydrogen) atoms. The molecule has 0 radical (unpaired) electrons. The summed E-state index contributed by atoms with van der Waals surface area (Å²) >= 11 is 0. The van der Waals surface area contributed by atoms with Crippen LogP contribution in [-0.2, 0) is 11.2 Å². The number of carbonyl (C=O) groups excluding carboxylic acids is 1. The normalized spacial score (nSPS) is 10.3. The average molecular weight is 272 g/mol. The van der Waals surface area contributed by atoms with Crippen molar-refractivity contribution < 1.29 is 4.79 Å². The molecule has 0 aromatic carbocycles. The summed E-state index contributed by atoms with van der Waals surface area (Å²) in [5.41, 5.74) is 1.48. The Morgan fingerprint density at radius 1 is 1.25 bits per heavy atom. The molecule has 2 rings (SSSR count). The first-order chi connectivity index (χ1) is 9.45. The fourth-order valence-corrected chi connectivity index (χ4v) is 1.92. The van der Waals surface area contributed by atoms with Gasteiger partial charge >= 0.3 is 0 Å². The molecule has 2 aromatic rings. The predicted molar refractivity (Wildman–Crippen MR) is 75.6 cm³/mol. The second kappa shape index (κ2) is 5.64. The van der Waals surface area contributed by atoms with Crippen LogP contribution in [0, 0.1) is 20.8 Å². The van der Waals surface area contributed by atoms with Gasteiger partial charge in [-0.2, -0.15) is 0 Å². The Balaban J connectivity index is 2.15. The van der Waals surface area contributed by atoms with Crippen LogP contribution in [0.2, 0.25) is 0 Å². The second-order valence-electron chi connectivity index (χ2n) is 4.60. The van der Waals surface area contributed by atoms with Crippen molar-refractivity contribution in [3.05, 3.63) is 51.3 Å². The molecule has 0 unspecified atom stereocenters. The van der Waals surface area contributed by atoms with Crippen molar-refractivity contribution in [2.75, 3.05) is 5.32 Å². The molecule has 6 nitrogen and oxygen atoms in total. The van der Waals surface area contributed by atoms with E-state index in [2.05, 4.69) is 20.3 Å². The highest BCUT2D eigenvalue weighted by Gasteiger charge is 2.12. The highest BCUT2D eigenvalue weighted by molar-refractivity contribution is 5.91. The number of nitrogens with one attached hydrogen (secondary N) is 2. The van der Waals surface area contributed by atoms with E-state index in [0.717, 1.165) is 5.69 Å². The first kappa shape index (κ1) is 13.9. The van der Waals surface area contributed by atoms with E-state index in [1.165, 1.54) is 0 Å². The molecule has 0 bridgehead atoms. The van der Waals surface area contributed by atoms with Gasteiger partial charge in [-0.25, -0.2) is 9.97 Å². The average Bonchev–Trinajstić information content (AvgIpc) is 2.33. The number of aromatic amines is 1. The number of nitrogens with zero attached hydrogens (tertiary/aromatic N) is 2. The van der Waals surface area contributed by atoms with Crippen molar-refractivity contribution in [2.24, 2.45) is 0 Å². The lowest BCUT2D eigenvalue weighted by Gasteiger charge is -2.07. The minimum atomic E-state index is -0.289. The summed E-state index contributed by atoms with van der Waals surface area (Å²) in [5.74, 6) is 0.725. The van der Waals surface area contributed by atoms with Crippen LogP contribution >= 0.6 is 0 Å². The smallest absolute Gasteiger partial charge is 0.254 e. The van der Waals surface area contributed by atoms with Crippen LogP contribution < -0.4 is 10.9 Å². The van der Waals surface area contributed by atoms with Crippen LogP contribution in [0.3, 0.4) is 0 Å². The van der Waals surface area contributed by atoms with E-state index in [9.17, 15) is 9.59 Å². The van der Waals surface area contributed by atoms with E-state index >= 15 is 0 Å².